The van der Waals surface area contributed by atoms with Crippen molar-refractivity contribution in [2.24, 2.45) is 0 Å². The molecule has 4 heteroatoms. The van der Waals surface area contributed by atoms with Gasteiger partial charge in [-0.2, -0.15) is 13.2 Å². The Morgan fingerprint density at radius 1 is 1.21 bits per heavy atom. The third-order valence-electron chi connectivity index (χ3n) is 1.95. The molecule has 0 fully saturated rings. The molecule has 0 spiro atoms. The molecule has 0 heterocycles. The summed E-state index contributed by atoms with van der Waals surface area (Å²) in [5.41, 5.74) is 0.664. The number of carbonyl (C=O) groups excluding carboxylic acids is 1. The van der Waals surface area contributed by atoms with Gasteiger partial charge in [0.25, 0.3) is 0 Å². The summed E-state index contributed by atoms with van der Waals surface area (Å²) >= 11 is 0. The Morgan fingerprint density at radius 3 is 2.29 bits per heavy atom. The minimum atomic E-state index is -4.05. The summed E-state index contributed by atoms with van der Waals surface area (Å²) in [4.78, 5) is 10.3. The highest BCUT2D eigenvalue weighted by Gasteiger charge is 2.25. The van der Waals surface area contributed by atoms with E-state index in [1.54, 1.807) is 13.0 Å². The van der Waals surface area contributed by atoms with Crippen LogP contribution in [0.15, 0.2) is 11.6 Å². The molecule has 0 rings (SSSR count). The Kier molecular flexibility index (Phi) is 6.25. The molecule has 0 aliphatic heterocycles. The molecule has 0 saturated heterocycles. The third kappa shape index (κ3) is 7.83. The van der Waals surface area contributed by atoms with E-state index in [0.29, 0.717) is 24.8 Å². The number of aldehydes is 1. The van der Waals surface area contributed by atoms with Crippen LogP contribution in [-0.2, 0) is 4.79 Å². The van der Waals surface area contributed by atoms with Gasteiger partial charge in [-0.25, -0.2) is 0 Å². The minimum absolute atomic E-state index is 0.152. The van der Waals surface area contributed by atoms with Crippen LogP contribution in [0, 0.1) is 0 Å². The number of carbonyl (C=O) groups is 1. The highest BCUT2D eigenvalue weighted by atomic mass is 19.4. The molecule has 82 valence electrons. The fraction of sp³-hybridized carbons (Fsp3) is 0.700. The van der Waals surface area contributed by atoms with E-state index < -0.39 is 12.6 Å². The molecule has 0 aromatic rings. The van der Waals surface area contributed by atoms with Gasteiger partial charge in [0.05, 0.1) is 0 Å². The molecule has 0 N–H and O–H groups in total. The van der Waals surface area contributed by atoms with E-state index >= 15 is 0 Å². The van der Waals surface area contributed by atoms with Gasteiger partial charge in [0.2, 0.25) is 0 Å². The Bertz CT molecular complexity index is 194. The molecule has 0 aliphatic carbocycles. The zero-order valence-electron chi connectivity index (χ0n) is 8.23. The first kappa shape index (κ1) is 13.2. The Hall–Kier alpha value is -0.800. The maximum atomic E-state index is 11.7. The summed E-state index contributed by atoms with van der Waals surface area (Å²) in [6, 6.07) is 0. The summed E-state index contributed by atoms with van der Waals surface area (Å²) in [6.07, 6.45) is -0.426. The van der Waals surface area contributed by atoms with E-state index in [9.17, 15) is 18.0 Å². The van der Waals surface area contributed by atoms with Crippen LogP contribution in [0.3, 0.4) is 0 Å². The summed E-state index contributed by atoms with van der Waals surface area (Å²) < 4.78 is 35.1. The predicted molar refractivity (Wildman–Crippen MR) is 49.0 cm³/mol. The molecule has 0 aliphatic rings. The van der Waals surface area contributed by atoms with Crippen LogP contribution < -0.4 is 0 Å². The van der Waals surface area contributed by atoms with Crippen LogP contribution in [0.5, 0.6) is 0 Å². The van der Waals surface area contributed by atoms with Gasteiger partial charge in [-0.1, -0.05) is 12.5 Å². The SMILES string of the molecule is C/C=C(/C=O)CCCCCC(F)(F)F. The lowest BCUT2D eigenvalue weighted by molar-refractivity contribution is -0.135. The topological polar surface area (TPSA) is 17.1 Å². The first-order chi connectivity index (χ1) is 6.49. The van der Waals surface area contributed by atoms with Crippen molar-refractivity contribution in [1.82, 2.24) is 0 Å². The fourth-order valence-corrected chi connectivity index (χ4v) is 1.10. The van der Waals surface area contributed by atoms with Crippen molar-refractivity contribution in [3.63, 3.8) is 0 Å². The average molecular weight is 208 g/mol. The lowest BCUT2D eigenvalue weighted by Gasteiger charge is -2.05. The number of hydrogen-bond acceptors (Lipinski definition) is 1. The number of unbranched alkanes of at least 4 members (excludes halogenated alkanes) is 2. The van der Waals surface area contributed by atoms with E-state index in [1.807, 2.05) is 0 Å². The van der Waals surface area contributed by atoms with Gasteiger partial charge >= 0.3 is 6.18 Å². The van der Waals surface area contributed by atoms with Crippen LogP contribution >= 0.6 is 0 Å². The summed E-state index contributed by atoms with van der Waals surface area (Å²) in [5.74, 6) is 0. The van der Waals surface area contributed by atoms with E-state index in [2.05, 4.69) is 0 Å². The molecule has 0 radical (unpaired) electrons. The number of rotatable bonds is 6. The van der Waals surface area contributed by atoms with Gasteiger partial charge in [0.1, 0.15) is 6.29 Å². The predicted octanol–water partition coefficient (Wildman–Crippen LogP) is 3.64. The third-order valence-corrected chi connectivity index (χ3v) is 1.95. The lowest BCUT2D eigenvalue weighted by atomic mass is 10.1. The second-order valence-corrected chi connectivity index (χ2v) is 3.16. The van der Waals surface area contributed by atoms with Crippen molar-refractivity contribution in [2.75, 3.05) is 0 Å². The fourth-order valence-electron chi connectivity index (χ4n) is 1.10. The van der Waals surface area contributed by atoms with Crippen LogP contribution in [0.4, 0.5) is 13.2 Å². The maximum absolute atomic E-state index is 11.7. The number of alkyl halides is 3. The monoisotopic (exact) mass is 208 g/mol. The molecule has 0 atom stereocenters. The maximum Gasteiger partial charge on any atom is 0.389 e. The van der Waals surface area contributed by atoms with Crippen molar-refractivity contribution in [3.05, 3.63) is 11.6 Å². The van der Waals surface area contributed by atoms with Gasteiger partial charge in [0.15, 0.2) is 0 Å². The molecule has 0 saturated carbocycles. The largest absolute Gasteiger partial charge is 0.389 e. The second kappa shape index (κ2) is 6.62. The zero-order valence-corrected chi connectivity index (χ0v) is 8.23. The molecule has 0 unspecified atom stereocenters. The Labute approximate surface area is 82.0 Å². The first-order valence-corrected chi connectivity index (χ1v) is 4.66. The van der Waals surface area contributed by atoms with E-state index in [1.165, 1.54) is 0 Å². The number of halogens is 3. The van der Waals surface area contributed by atoms with Crippen LogP contribution in [0.2, 0.25) is 0 Å². The zero-order chi connectivity index (χ0) is 11.0. The molecule has 14 heavy (non-hydrogen) atoms. The van der Waals surface area contributed by atoms with Gasteiger partial charge in [-0.3, -0.25) is 4.79 Å². The molecular weight excluding hydrogens is 193 g/mol. The van der Waals surface area contributed by atoms with Crippen LogP contribution in [0.25, 0.3) is 0 Å². The Balaban J connectivity index is 3.43. The van der Waals surface area contributed by atoms with E-state index in [0.717, 1.165) is 6.29 Å². The normalized spacial score (nSPS) is 13.0. The van der Waals surface area contributed by atoms with Gasteiger partial charge in [-0.15, -0.1) is 0 Å². The number of allylic oxidation sites excluding steroid dienone is 2. The van der Waals surface area contributed by atoms with Crippen LogP contribution in [0.1, 0.15) is 39.0 Å². The van der Waals surface area contributed by atoms with Crippen molar-refractivity contribution < 1.29 is 18.0 Å². The summed E-state index contributed by atoms with van der Waals surface area (Å²) in [7, 11) is 0. The number of hydrogen-bond donors (Lipinski definition) is 0. The summed E-state index contributed by atoms with van der Waals surface area (Å²) in [6.45, 7) is 1.75. The molecule has 0 amide bonds. The van der Waals surface area contributed by atoms with Gasteiger partial charge in [0, 0.05) is 6.42 Å². The highest BCUT2D eigenvalue weighted by molar-refractivity contribution is 5.72. The van der Waals surface area contributed by atoms with Crippen molar-refractivity contribution in [2.45, 2.75) is 45.2 Å². The molecule has 0 aromatic heterocycles. The first-order valence-electron chi connectivity index (χ1n) is 4.66. The Morgan fingerprint density at radius 2 is 1.86 bits per heavy atom. The molecule has 1 nitrogen and oxygen atoms in total. The van der Waals surface area contributed by atoms with Crippen molar-refractivity contribution in [1.29, 1.82) is 0 Å². The lowest BCUT2D eigenvalue weighted by Crippen LogP contribution is -2.06. The standard InChI is InChI=1S/C10H15F3O/c1-2-9(8-14)6-4-3-5-7-10(11,12)13/h2,8H,3-7H2,1H3/b9-2+. The van der Waals surface area contributed by atoms with E-state index in [-0.39, 0.29) is 6.42 Å². The van der Waals surface area contributed by atoms with Gasteiger partial charge in [-0.05, 0) is 31.8 Å². The van der Waals surface area contributed by atoms with Gasteiger partial charge < -0.3 is 0 Å². The second-order valence-electron chi connectivity index (χ2n) is 3.16. The van der Waals surface area contributed by atoms with Crippen molar-refractivity contribution in [3.8, 4) is 0 Å². The average Bonchev–Trinajstić information content (AvgIpc) is 2.09. The summed E-state index contributed by atoms with van der Waals surface area (Å²) in [5, 5.41) is 0. The minimum Gasteiger partial charge on any atom is -0.298 e. The molecule has 0 bridgehead atoms. The van der Waals surface area contributed by atoms with Crippen molar-refractivity contribution >= 4 is 6.29 Å². The molecule has 0 aromatic carbocycles. The smallest absolute Gasteiger partial charge is 0.298 e. The van der Waals surface area contributed by atoms with E-state index in [4.69, 9.17) is 0 Å². The highest BCUT2D eigenvalue weighted by Crippen LogP contribution is 2.23. The molecular formula is C10H15F3O. The quantitative estimate of drug-likeness (QED) is 0.370. The van der Waals surface area contributed by atoms with Crippen LogP contribution in [-0.4, -0.2) is 12.5 Å².